The Morgan fingerprint density at radius 3 is 2.60 bits per heavy atom. The van der Waals surface area contributed by atoms with Crippen molar-refractivity contribution < 1.29 is 13.9 Å². The number of fused-ring (bicyclic) bond motifs is 1. The second kappa shape index (κ2) is 9.27. The molecule has 0 aliphatic carbocycles. The number of oxazole rings is 1. The molecule has 0 aliphatic rings. The van der Waals surface area contributed by atoms with Gasteiger partial charge in [0.15, 0.2) is 11.5 Å². The molecule has 4 rings (SSSR count). The van der Waals surface area contributed by atoms with Gasteiger partial charge in [0.25, 0.3) is 5.91 Å². The number of aromatic nitrogens is 1. The van der Waals surface area contributed by atoms with E-state index in [-0.39, 0.29) is 5.91 Å². The standard InChI is InChI=1S/C25H24N2O3/c1-2-3-15-29-21-12-9-19(10-13-21)25(28)26-20-11-14-23-22(17-20)27-24(30-23)16-18-7-5-4-6-8-18/h4-14,17H,2-3,15-16H2,1H3,(H,26,28). The lowest BCUT2D eigenvalue weighted by Gasteiger charge is -2.07. The summed E-state index contributed by atoms with van der Waals surface area (Å²) in [5.41, 5.74) is 3.81. The molecule has 0 saturated heterocycles. The maximum atomic E-state index is 12.6. The molecule has 0 fully saturated rings. The number of ether oxygens (including phenoxy) is 1. The van der Waals surface area contributed by atoms with Crippen molar-refractivity contribution in [2.24, 2.45) is 0 Å². The topological polar surface area (TPSA) is 64.4 Å². The van der Waals surface area contributed by atoms with Crippen molar-refractivity contribution >= 4 is 22.7 Å². The van der Waals surface area contributed by atoms with Crippen LogP contribution in [0.5, 0.6) is 5.75 Å². The Hall–Kier alpha value is -3.60. The highest BCUT2D eigenvalue weighted by Crippen LogP contribution is 2.22. The van der Waals surface area contributed by atoms with E-state index in [2.05, 4.69) is 17.2 Å². The number of rotatable bonds is 8. The summed E-state index contributed by atoms with van der Waals surface area (Å²) >= 11 is 0. The fourth-order valence-corrected chi connectivity index (χ4v) is 3.14. The van der Waals surface area contributed by atoms with E-state index in [1.54, 1.807) is 12.1 Å². The van der Waals surface area contributed by atoms with Crippen LogP contribution in [0.3, 0.4) is 0 Å². The SMILES string of the molecule is CCCCOc1ccc(C(=O)Nc2ccc3oc(Cc4ccccc4)nc3c2)cc1. The molecule has 0 bridgehead atoms. The van der Waals surface area contributed by atoms with E-state index in [4.69, 9.17) is 9.15 Å². The van der Waals surface area contributed by atoms with Gasteiger partial charge in [-0.2, -0.15) is 0 Å². The van der Waals surface area contributed by atoms with Gasteiger partial charge in [0, 0.05) is 17.7 Å². The van der Waals surface area contributed by atoms with Crippen molar-refractivity contribution in [3.63, 3.8) is 0 Å². The van der Waals surface area contributed by atoms with Crippen LogP contribution >= 0.6 is 0 Å². The molecule has 30 heavy (non-hydrogen) atoms. The van der Waals surface area contributed by atoms with Crippen LogP contribution in [-0.2, 0) is 6.42 Å². The molecule has 3 aromatic carbocycles. The van der Waals surface area contributed by atoms with Gasteiger partial charge in [0.05, 0.1) is 6.61 Å². The second-order valence-corrected chi connectivity index (χ2v) is 7.13. The average molecular weight is 400 g/mol. The zero-order valence-corrected chi connectivity index (χ0v) is 16.9. The number of benzene rings is 3. The van der Waals surface area contributed by atoms with E-state index in [0.29, 0.717) is 35.8 Å². The molecule has 4 aromatic rings. The number of amides is 1. The summed E-state index contributed by atoms with van der Waals surface area (Å²) < 4.78 is 11.5. The lowest BCUT2D eigenvalue weighted by atomic mass is 10.1. The summed E-state index contributed by atoms with van der Waals surface area (Å²) in [5.74, 6) is 1.25. The van der Waals surface area contributed by atoms with Crippen LogP contribution in [0.1, 0.15) is 41.6 Å². The van der Waals surface area contributed by atoms with Crippen LogP contribution in [0.4, 0.5) is 5.69 Å². The van der Waals surface area contributed by atoms with Gasteiger partial charge in [-0.25, -0.2) is 4.98 Å². The monoisotopic (exact) mass is 400 g/mol. The molecule has 0 aliphatic heterocycles. The van der Waals surface area contributed by atoms with E-state index in [1.807, 2.05) is 60.7 Å². The fourth-order valence-electron chi connectivity index (χ4n) is 3.14. The molecule has 5 nitrogen and oxygen atoms in total. The number of nitrogens with zero attached hydrogens (tertiary/aromatic N) is 1. The number of carbonyl (C=O) groups is 1. The van der Waals surface area contributed by atoms with Crippen molar-refractivity contribution in [1.82, 2.24) is 4.98 Å². The maximum Gasteiger partial charge on any atom is 0.255 e. The first-order valence-electron chi connectivity index (χ1n) is 10.2. The summed E-state index contributed by atoms with van der Waals surface area (Å²) in [4.78, 5) is 17.1. The Morgan fingerprint density at radius 2 is 1.83 bits per heavy atom. The van der Waals surface area contributed by atoms with Crippen molar-refractivity contribution in [1.29, 1.82) is 0 Å². The molecular formula is C25H24N2O3. The number of hydrogen-bond donors (Lipinski definition) is 1. The van der Waals surface area contributed by atoms with Crippen LogP contribution < -0.4 is 10.1 Å². The Morgan fingerprint density at radius 1 is 1.03 bits per heavy atom. The van der Waals surface area contributed by atoms with Crippen molar-refractivity contribution in [2.75, 3.05) is 11.9 Å². The van der Waals surface area contributed by atoms with Crippen LogP contribution in [0.2, 0.25) is 0 Å². The minimum atomic E-state index is -0.178. The van der Waals surface area contributed by atoms with E-state index < -0.39 is 0 Å². The molecule has 0 atom stereocenters. The lowest BCUT2D eigenvalue weighted by Crippen LogP contribution is -2.11. The van der Waals surface area contributed by atoms with Crippen molar-refractivity contribution in [3.05, 3.63) is 89.8 Å². The minimum absolute atomic E-state index is 0.178. The fraction of sp³-hybridized carbons (Fsp3) is 0.200. The van der Waals surface area contributed by atoms with E-state index in [0.717, 1.165) is 29.7 Å². The van der Waals surface area contributed by atoms with Gasteiger partial charge in [-0.05, 0) is 54.4 Å². The van der Waals surface area contributed by atoms with Crippen LogP contribution in [0, 0.1) is 0 Å². The lowest BCUT2D eigenvalue weighted by molar-refractivity contribution is 0.102. The molecule has 5 heteroatoms. The Balaban J connectivity index is 1.42. The average Bonchev–Trinajstić information content (AvgIpc) is 3.16. The molecule has 152 valence electrons. The molecule has 1 N–H and O–H groups in total. The quantitative estimate of drug-likeness (QED) is 0.377. The predicted molar refractivity (Wildman–Crippen MR) is 118 cm³/mol. The van der Waals surface area contributed by atoms with Gasteiger partial charge < -0.3 is 14.5 Å². The molecular weight excluding hydrogens is 376 g/mol. The summed E-state index contributed by atoms with van der Waals surface area (Å²) in [5, 5.41) is 2.92. The van der Waals surface area contributed by atoms with Gasteiger partial charge >= 0.3 is 0 Å². The summed E-state index contributed by atoms with van der Waals surface area (Å²) in [6, 6.07) is 22.7. The van der Waals surface area contributed by atoms with Crippen LogP contribution in [0.25, 0.3) is 11.1 Å². The number of anilines is 1. The zero-order valence-electron chi connectivity index (χ0n) is 16.9. The minimum Gasteiger partial charge on any atom is -0.494 e. The smallest absolute Gasteiger partial charge is 0.255 e. The normalized spacial score (nSPS) is 10.8. The molecule has 1 amide bonds. The van der Waals surface area contributed by atoms with Gasteiger partial charge in [0.2, 0.25) is 0 Å². The van der Waals surface area contributed by atoms with Crippen molar-refractivity contribution in [2.45, 2.75) is 26.2 Å². The summed E-state index contributed by atoms with van der Waals surface area (Å²) in [6.45, 7) is 2.81. The van der Waals surface area contributed by atoms with E-state index in [1.165, 1.54) is 0 Å². The highest BCUT2D eigenvalue weighted by atomic mass is 16.5. The molecule has 0 spiro atoms. The third-order valence-corrected chi connectivity index (χ3v) is 4.77. The van der Waals surface area contributed by atoms with E-state index in [9.17, 15) is 4.79 Å². The Bertz CT molecular complexity index is 1120. The predicted octanol–water partition coefficient (Wildman–Crippen LogP) is 5.85. The van der Waals surface area contributed by atoms with Crippen molar-refractivity contribution in [3.8, 4) is 5.75 Å². The molecule has 0 unspecified atom stereocenters. The Kier molecular flexibility index (Phi) is 6.09. The number of nitrogens with one attached hydrogen (secondary N) is 1. The first kappa shape index (κ1) is 19.7. The van der Waals surface area contributed by atoms with Gasteiger partial charge in [-0.1, -0.05) is 43.7 Å². The second-order valence-electron chi connectivity index (χ2n) is 7.13. The molecule has 1 aromatic heterocycles. The van der Waals surface area contributed by atoms with Gasteiger partial charge in [-0.3, -0.25) is 4.79 Å². The molecule has 0 saturated carbocycles. The van der Waals surface area contributed by atoms with Crippen LogP contribution in [-0.4, -0.2) is 17.5 Å². The summed E-state index contributed by atoms with van der Waals surface area (Å²) in [6.07, 6.45) is 2.73. The van der Waals surface area contributed by atoms with Crippen LogP contribution in [0.15, 0.2) is 77.2 Å². The largest absolute Gasteiger partial charge is 0.494 e. The number of carbonyl (C=O) groups excluding carboxylic acids is 1. The first-order chi connectivity index (χ1) is 14.7. The highest BCUT2D eigenvalue weighted by molar-refractivity contribution is 6.04. The third-order valence-electron chi connectivity index (χ3n) is 4.77. The number of hydrogen-bond acceptors (Lipinski definition) is 4. The zero-order chi connectivity index (χ0) is 20.8. The number of unbranched alkanes of at least 4 members (excludes halogenated alkanes) is 1. The molecule has 1 heterocycles. The third kappa shape index (κ3) is 4.87. The Labute approximate surface area is 175 Å². The maximum absolute atomic E-state index is 12.6. The molecule has 0 radical (unpaired) electrons. The first-order valence-corrected chi connectivity index (χ1v) is 10.2. The van der Waals surface area contributed by atoms with E-state index >= 15 is 0 Å². The van der Waals surface area contributed by atoms with Gasteiger partial charge in [0.1, 0.15) is 11.3 Å². The summed E-state index contributed by atoms with van der Waals surface area (Å²) in [7, 11) is 0. The highest BCUT2D eigenvalue weighted by Gasteiger charge is 2.10. The van der Waals surface area contributed by atoms with Gasteiger partial charge in [-0.15, -0.1) is 0 Å².